The van der Waals surface area contributed by atoms with E-state index in [1.54, 1.807) is 0 Å². The first-order chi connectivity index (χ1) is 19.7. The quantitative estimate of drug-likeness (QED) is 0.121. The van der Waals surface area contributed by atoms with E-state index in [4.69, 9.17) is 11.3 Å². The molecule has 0 spiro atoms. The Morgan fingerprint density at radius 3 is 0.483 bits per heavy atom. The topological polar surface area (TPSA) is 701 Å². The van der Waals surface area contributed by atoms with Crippen molar-refractivity contribution in [3.8, 4) is 0 Å². The van der Waals surface area contributed by atoms with E-state index in [0.717, 1.165) is 0 Å². The van der Waals surface area contributed by atoms with Crippen LogP contribution in [0.4, 0.5) is 0 Å². The summed E-state index contributed by atoms with van der Waals surface area (Å²) in [7, 11) is 0. The Balaban J connectivity index is -0.0000000384. The van der Waals surface area contributed by atoms with Gasteiger partial charge < -0.3 is 21.9 Å². The van der Waals surface area contributed by atoms with Gasteiger partial charge in [0, 0.05) is 21.1 Å². The summed E-state index contributed by atoms with van der Waals surface area (Å²) < 4.78 is 302. The molecule has 58 heteroatoms. The van der Waals surface area contributed by atoms with E-state index < -0.39 is 184 Å². The number of rotatable bonds is 16. The summed E-state index contributed by atoms with van der Waals surface area (Å²) in [6.07, 6.45) is 0. The van der Waals surface area contributed by atoms with Crippen molar-refractivity contribution >= 4 is 0 Å². The van der Waals surface area contributed by atoms with E-state index in [1.807, 2.05) is 0 Å². The summed E-state index contributed by atoms with van der Waals surface area (Å²) >= 11 is -76.7. The fraction of sp³-hybridized carbons (Fsp3) is 0. The summed E-state index contributed by atoms with van der Waals surface area (Å²) in [5.41, 5.74) is 0. The first kappa shape index (κ1) is 104. The zero-order chi connectivity index (χ0) is 39.2. The summed E-state index contributed by atoms with van der Waals surface area (Å²) in [6.45, 7) is 0. The second kappa shape index (κ2) is 40.6. The van der Waals surface area contributed by atoms with Crippen molar-refractivity contribution in [3.05, 3.63) is 0 Å². The van der Waals surface area contributed by atoms with Gasteiger partial charge >= 0.3 is 475 Å². The maximum absolute atomic E-state index is 10.6. The Labute approximate surface area is 505 Å². The van der Waals surface area contributed by atoms with Crippen LogP contribution in [0.15, 0.2) is 0 Å². The molecule has 0 atom stereocenters. The fourth-order valence-corrected chi connectivity index (χ4v) is 86.5. The molecule has 58 heavy (non-hydrogen) atoms. The molecular formula is H8Na6O40W12. The molecule has 0 bridgehead atoms. The molecular weight excluding hydrogens is 2980 g/mol. The second-order valence-electron chi connectivity index (χ2n) is 5.09. The molecule has 0 aliphatic heterocycles. The minimum absolute atomic E-state index is 0. The monoisotopic (exact) mass is 2990 g/mol. The van der Waals surface area contributed by atoms with Crippen molar-refractivity contribution in [2.45, 2.75) is 0 Å². The van der Waals surface area contributed by atoms with Crippen LogP contribution in [0.5, 0.6) is 0 Å². The van der Waals surface area contributed by atoms with Gasteiger partial charge in [0.25, 0.3) is 0 Å². The molecule has 0 saturated heterocycles. The third-order valence-corrected chi connectivity index (χ3v) is 89.9. The molecule has 0 rings (SSSR count). The Hall–Kier alpha value is 9.14. The zero-order valence-corrected chi connectivity index (χ0v) is 74.8. The minimum Gasteiger partial charge on any atom is 0 e. The van der Waals surface area contributed by atoms with Crippen LogP contribution in [0, 0.1) is 0 Å². The maximum atomic E-state index is 10.6. The molecule has 0 radical (unpaired) electrons. The average Bonchev–Trinajstić information content (AvgIpc) is 2.44. The molecule has 0 amide bonds. The summed E-state index contributed by atoms with van der Waals surface area (Å²) in [5.74, 6) is 0. The van der Waals surface area contributed by atoms with Gasteiger partial charge in [-0.15, -0.1) is 0 Å². The first-order valence-corrected chi connectivity index (χ1v) is 60.4. The predicted octanol–water partition coefficient (Wildman–Crippen LogP) is -27.8. The van der Waals surface area contributed by atoms with Crippen LogP contribution in [0.2, 0.25) is 0 Å². The van der Waals surface area contributed by atoms with E-state index in [2.05, 4.69) is 16.3 Å². The number of hydrogen-bond donors (Lipinski definition) is 3. The van der Waals surface area contributed by atoms with Crippen LogP contribution >= 0.6 is 0 Å². The van der Waals surface area contributed by atoms with Gasteiger partial charge in [-0.25, -0.2) is 0 Å². The van der Waals surface area contributed by atoms with Crippen molar-refractivity contribution in [1.29, 1.82) is 0 Å². The van der Waals surface area contributed by atoms with E-state index in [0.29, 0.717) is 0 Å². The molecule has 0 fully saturated rings. The van der Waals surface area contributed by atoms with Crippen LogP contribution in [0.25, 0.3) is 0 Å². The molecule has 8 N–H and O–H groups in total. The Morgan fingerprint density at radius 2 is 0.379 bits per heavy atom. The van der Waals surface area contributed by atoms with Gasteiger partial charge in [0.05, 0.1) is 0 Å². The average molecular weight is 2990 g/mol. The molecule has 0 aromatic rings. The molecule has 0 heterocycles. The number of hydrogen-bond acceptors (Lipinski definition) is 36. The van der Waals surface area contributed by atoms with Crippen molar-refractivity contribution in [2.75, 3.05) is 0 Å². The molecule has 0 aromatic heterocycles. The van der Waals surface area contributed by atoms with Gasteiger partial charge in [-0.1, -0.05) is 0 Å². The molecule has 326 valence electrons. The zero-order valence-electron chi connectivity index (χ0n) is 27.6. The summed E-state index contributed by atoms with van der Waals surface area (Å²) in [4.78, 5) is 0. The van der Waals surface area contributed by atoms with Crippen LogP contribution in [-0.4, -0.2) is 33.2 Å². The van der Waals surface area contributed by atoms with Gasteiger partial charge in [0.15, 0.2) is 0 Å². The van der Waals surface area contributed by atoms with E-state index >= 15 is 0 Å². The van der Waals surface area contributed by atoms with Gasteiger partial charge in [0.2, 0.25) is 0 Å². The van der Waals surface area contributed by atoms with Gasteiger partial charge in [-0.05, 0) is 0 Å². The van der Waals surface area contributed by atoms with Crippen LogP contribution in [-0.2, 0) is 296 Å². The Kier molecular flexibility index (Phi) is 72.8. The molecule has 0 aliphatic rings. The molecule has 0 aromatic carbocycles. The first-order valence-electron chi connectivity index (χ1n) is 7.38. The van der Waals surface area contributed by atoms with Gasteiger partial charge in [-0.2, -0.15) is 0 Å². The second-order valence-corrected chi connectivity index (χ2v) is 73.7. The predicted molar refractivity (Wildman–Crippen MR) is 39.9 cm³/mol. The van der Waals surface area contributed by atoms with Crippen LogP contribution in [0.1, 0.15) is 0 Å². The van der Waals surface area contributed by atoms with Gasteiger partial charge in [-0.3, -0.25) is 0 Å². The molecule has 0 saturated carbocycles. The van der Waals surface area contributed by atoms with Gasteiger partial charge in [0.1, 0.15) is 0 Å². The van der Waals surface area contributed by atoms with Crippen molar-refractivity contribution in [3.63, 3.8) is 0 Å². The summed E-state index contributed by atoms with van der Waals surface area (Å²) in [5, 5.41) is 0. The van der Waals surface area contributed by atoms with Crippen molar-refractivity contribution in [2.24, 2.45) is 0 Å². The molecule has 0 unspecified atom stereocenters. The van der Waals surface area contributed by atoms with Crippen LogP contribution in [0.3, 0.4) is 0 Å². The smallest absolute Gasteiger partial charge is 0 e. The molecule has 40 nitrogen and oxygen atoms in total. The Bertz CT molecular complexity index is 2060. The SMILES string of the molecule is O.[Na+].[Na+].[Na+].[Na+].[Na+].[Na+].[OH-].[OH-].[OH-].[O]=[W](=[O])([O-])[O][W](=[O])(=[O])[O][W](=[O])(=[O])[OH].[O]=[W](=[O])([O-])[O][W](=[O])(=[O])[O][W](=[O])(=[O])[O][W](=[O])(=[O])[OH].[O]=[W](=[O])([O-])[O][W](=[O])(=[O])[O][W](=[O])(=[O])[O][W](=[O])(=[O])[OH].[W]. The minimum atomic E-state index is -7.19. The standard InChI is InChI=1S/6Na.7H2O.33O.12W/h;;;;;;7*1H2;;;;;;;;;;;;;;;;;;;;;;;;;;;;;;;;;;;;;;;;;;;;;/q6*+1;;;;;;;;;;;;;;;;;;;;;;;;;;;;;;;;;;;;;;3*-1;;;;;;;;;;3*+1/p-6. The van der Waals surface area contributed by atoms with E-state index in [1.165, 1.54) is 0 Å². The third kappa shape index (κ3) is 82.1. The largest absolute Gasteiger partial charge is 0 e. The molecule has 0 aliphatic carbocycles. The van der Waals surface area contributed by atoms with E-state index in [9.17, 15) is 86.0 Å². The summed E-state index contributed by atoms with van der Waals surface area (Å²) in [6, 6.07) is 0. The Morgan fingerprint density at radius 1 is 0.276 bits per heavy atom. The fourth-order valence-electron chi connectivity index (χ4n) is 0.883. The maximum Gasteiger partial charge on any atom is 0 e. The van der Waals surface area contributed by atoms with E-state index in [-0.39, 0.29) is 220 Å². The van der Waals surface area contributed by atoms with Crippen LogP contribution < -0.4 is 189 Å². The normalized spacial score (nSPS) is 11.8. The van der Waals surface area contributed by atoms with Crippen molar-refractivity contribution in [1.82, 2.24) is 0 Å². The third-order valence-electron chi connectivity index (χ3n) is 1.34. The van der Waals surface area contributed by atoms with Crippen molar-refractivity contribution < 1.29 is 518 Å².